The highest BCUT2D eigenvalue weighted by atomic mass is 16.4. The van der Waals surface area contributed by atoms with Crippen LogP contribution in [-0.2, 0) is 4.79 Å². The van der Waals surface area contributed by atoms with Gasteiger partial charge in [-0.25, -0.2) is 0 Å². The van der Waals surface area contributed by atoms with Gasteiger partial charge < -0.3 is 14.8 Å². The minimum Gasteiger partial charge on any atom is -0.480 e. The molecule has 0 spiro atoms. The zero-order chi connectivity index (χ0) is 12.3. The molecule has 0 saturated carbocycles. The van der Waals surface area contributed by atoms with E-state index in [2.05, 4.69) is 5.32 Å². The number of ketones is 1. The van der Waals surface area contributed by atoms with Gasteiger partial charge in [0.25, 0.3) is 0 Å². The van der Waals surface area contributed by atoms with E-state index in [0.29, 0.717) is 25.4 Å². The van der Waals surface area contributed by atoms with E-state index < -0.39 is 12.0 Å². The Kier molecular flexibility index (Phi) is 3.55. The molecule has 0 aliphatic carbocycles. The molecule has 2 rings (SSSR count). The van der Waals surface area contributed by atoms with Crippen LogP contribution in [-0.4, -0.2) is 54.0 Å². The molecule has 6 heteroatoms. The number of piperazine rings is 1. The zero-order valence-corrected chi connectivity index (χ0v) is 9.26. The van der Waals surface area contributed by atoms with Crippen LogP contribution in [0.2, 0.25) is 0 Å². The van der Waals surface area contributed by atoms with Crippen molar-refractivity contribution in [3.05, 3.63) is 24.2 Å². The van der Waals surface area contributed by atoms with Gasteiger partial charge in [-0.05, 0) is 12.1 Å². The number of carboxylic acids is 1. The van der Waals surface area contributed by atoms with Gasteiger partial charge in [-0.2, -0.15) is 0 Å². The maximum absolute atomic E-state index is 11.7. The van der Waals surface area contributed by atoms with Gasteiger partial charge in [0.15, 0.2) is 5.76 Å². The molecule has 1 atom stereocenters. The van der Waals surface area contributed by atoms with Crippen molar-refractivity contribution in [1.29, 1.82) is 0 Å². The fourth-order valence-corrected chi connectivity index (χ4v) is 1.84. The first kappa shape index (κ1) is 11.8. The summed E-state index contributed by atoms with van der Waals surface area (Å²) in [6.45, 7) is 1.76. The highest BCUT2D eigenvalue weighted by Crippen LogP contribution is 2.05. The summed E-state index contributed by atoms with van der Waals surface area (Å²) in [6.07, 6.45) is 1.45. The average Bonchev–Trinajstić information content (AvgIpc) is 2.82. The minimum absolute atomic E-state index is 0.124. The highest BCUT2D eigenvalue weighted by Gasteiger charge is 2.26. The number of nitrogens with one attached hydrogen (secondary N) is 1. The summed E-state index contributed by atoms with van der Waals surface area (Å²) in [5.74, 6) is -0.698. The summed E-state index contributed by atoms with van der Waals surface area (Å²) in [7, 11) is 0. The molecule has 0 aromatic carbocycles. The number of hydrogen-bond donors (Lipinski definition) is 2. The van der Waals surface area contributed by atoms with E-state index in [1.165, 1.54) is 6.26 Å². The van der Waals surface area contributed by atoms with Crippen molar-refractivity contribution in [3.8, 4) is 0 Å². The molecule has 1 aliphatic rings. The van der Waals surface area contributed by atoms with Crippen LogP contribution in [0, 0.1) is 0 Å². The van der Waals surface area contributed by atoms with E-state index in [1.54, 1.807) is 12.1 Å². The number of hydrogen-bond acceptors (Lipinski definition) is 5. The second-order valence-corrected chi connectivity index (χ2v) is 3.98. The van der Waals surface area contributed by atoms with E-state index in [-0.39, 0.29) is 12.3 Å². The first-order valence-electron chi connectivity index (χ1n) is 5.42. The number of furan rings is 1. The third-order valence-corrected chi connectivity index (χ3v) is 2.72. The molecule has 1 aromatic heterocycles. The van der Waals surface area contributed by atoms with Crippen molar-refractivity contribution < 1.29 is 19.1 Å². The summed E-state index contributed by atoms with van der Waals surface area (Å²) >= 11 is 0. The third-order valence-electron chi connectivity index (χ3n) is 2.72. The SMILES string of the molecule is O=C(CN1CCN[C@@H](C(=O)O)C1)c1ccco1. The molecule has 0 bridgehead atoms. The van der Waals surface area contributed by atoms with Gasteiger partial charge in [0.2, 0.25) is 5.78 Å². The van der Waals surface area contributed by atoms with E-state index in [4.69, 9.17) is 9.52 Å². The van der Waals surface area contributed by atoms with Gasteiger partial charge in [0.05, 0.1) is 12.8 Å². The fraction of sp³-hybridized carbons (Fsp3) is 0.455. The van der Waals surface area contributed by atoms with Gasteiger partial charge in [-0.3, -0.25) is 14.5 Å². The molecule has 2 heterocycles. The Balaban J connectivity index is 1.91. The average molecular weight is 238 g/mol. The van der Waals surface area contributed by atoms with Crippen LogP contribution in [0.3, 0.4) is 0 Å². The normalized spacial score (nSPS) is 21.3. The van der Waals surface area contributed by atoms with Crippen molar-refractivity contribution >= 4 is 11.8 Å². The van der Waals surface area contributed by atoms with E-state index in [9.17, 15) is 9.59 Å². The Morgan fingerprint density at radius 1 is 1.59 bits per heavy atom. The molecule has 1 aliphatic heterocycles. The van der Waals surface area contributed by atoms with Crippen molar-refractivity contribution in [1.82, 2.24) is 10.2 Å². The Bertz CT molecular complexity index is 402. The van der Waals surface area contributed by atoms with Crippen LogP contribution in [0.4, 0.5) is 0 Å². The summed E-state index contributed by atoms with van der Waals surface area (Å²) in [5, 5.41) is 11.8. The van der Waals surface area contributed by atoms with E-state index >= 15 is 0 Å². The first-order chi connectivity index (χ1) is 8.16. The Morgan fingerprint density at radius 2 is 2.41 bits per heavy atom. The van der Waals surface area contributed by atoms with Gasteiger partial charge in [0.1, 0.15) is 6.04 Å². The lowest BCUT2D eigenvalue weighted by Gasteiger charge is -2.30. The van der Waals surface area contributed by atoms with Crippen LogP contribution >= 0.6 is 0 Å². The fourth-order valence-electron chi connectivity index (χ4n) is 1.84. The molecule has 1 fully saturated rings. The molecule has 1 saturated heterocycles. The summed E-state index contributed by atoms with van der Waals surface area (Å²) < 4.78 is 5.00. The maximum Gasteiger partial charge on any atom is 0.322 e. The second kappa shape index (κ2) is 5.11. The number of Topliss-reactive ketones (excluding diaryl/α,β-unsaturated/α-hetero) is 1. The monoisotopic (exact) mass is 238 g/mol. The number of carbonyl (C=O) groups excluding carboxylic acids is 1. The van der Waals surface area contributed by atoms with Gasteiger partial charge in [0, 0.05) is 19.6 Å². The third kappa shape index (κ3) is 2.92. The van der Waals surface area contributed by atoms with Gasteiger partial charge >= 0.3 is 5.97 Å². The molecule has 0 unspecified atom stereocenters. The molecule has 92 valence electrons. The van der Waals surface area contributed by atoms with Crippen LogP contribution in [0.5, 0.6) is 0 Å². The first-order valence-corrected chi connectivity index (χ1v) is 5.42. The highest BCUT2D eigenvalue weighted by molar-refractivity contribution is 5.95. The van der Waals surface area contributed by atoms with Gasteiger partial charge in [-0.15, -0.1) is 0 Å². The summed E-state index contributed by atoms with van der Waals surface area (Å²) in [6, 6.07) is 2.66. The predicted molar refractivity (Wildman–Crippen MR) is 58.9 cm³/mol. The Labute approximate surface area is 98.2 Å². The molecular formula is C11H14N2O4. The van der Waals surface area contributed by atoms with Gasteiger partial charge in [-0.1, -0.05) is 0 Å². The topological polar surface area (TPSA) is 82.8 Å². The largest absolute Gasteiger partial charge is 0.480 e. The van der Waals surface area contributed by atoms with E-state index in [0.717, 1.165) is 0 Å². The second-order valence-electron chi connectivity index (χ2n) is 3.98. The minimum atomic E-state index is -0.889. The molecule has 2 N–H and O–H groups in total. The number of carboxylic acid groups (broad SMARTS) is 1. The van der Waals surface area contributed by atoms with Crippen LogP contribution in [0.1, 0.15) is 10.6 Å². The predicted octanol–water partition coefficient (Wildman–Crippen LogP) is -0.179. The molecule has 17 heavy (non-hydrogen) atoms. The van der Waals surface area contributed by atoms with Crippen molar-refractivity contribution in [2.45, 2.75) is 6.04 Å². The standard InChI is InChI=1S/C11H14N2O4/c14-9(10-2-1-5-17-10)7-13-4-3-12-8(6-13)11(15)16/h1-2,5,8,12H,3-4,6-7H2,(H,15,16)/t8-/m1/s1. The van der Waals surface area contributed by atoms with Crippen molar-refractivity contribution in [2.75, 3.05) is 26.2 Å². The molecule has 6 nitrogen and oxygen atoms in total. The summed E-state index contributed by atoms with van der Waals surface area (Å²) in [4.78, 5) is 24.4. The smallest absolute Gasteiger partial charge is 0.322 e. The lowest BCUT2D eigenvalue weighted by atomic mass is 10.2. The van der Waals surface area contributed by atoms with Crippen LogP contribution < -0.4 is 5.32 Å². The number of nitrogens with zero attached hydrogens (tertiary/aromatic N) is 1. The molecular weight excluding hydrogens is 224 g/mol. The van der Waals surface area contributed by atoms with E-state index in [1.807, 2.05) is 4.90 Å². The molecule has 0 radical (unpaired) electrons. The number of aliphatic carboxylic acids is 1. The van der Waals surface area contributed by atoms with Crippen molar-refractivity contribution in [3.63, 3.8) is 0 Å². The summed E-state index contributed by atoms with van der Waals surface area (Å²) in [5.41, 5.74) is 0. The quantitative estimate of drug-likeness (QED) is 0.708. The Hall–Kier alpha value is -1.66. The lowest BCUT2D eigenvalue weighted by Crippen LogP contribution is -2.55. The molecule has 1 aromatic rings. The van der Waals surface area contributed by atoms with Crippen molar-refractivity contribution in [2.24, 2.45) is 0 Å². The zero-order valence-electron chi connectivity index (χ0n) is 9.26. The number of rotatable bonds is 4. The lowest BCUT2D eigenvalue weighted by molar-refractivity contribution is -0.140. The number of carbonyl (C=O) groups is 2. The molecule has 0 amide bonds. The van der Waals surface area contributed by atoms with Crippen LogP contribution in [0.15, 0.2) is 22.8 Å². The Morgan fingerprint density at radius 3 is 3.06 bits per heavy atom. The van der Waals surface area contributed by atoms with Crippen LogP contribution in [0.25, 0.3) is 0 Å². The maximum atomic E-state index is 11.7.